The minimum atomic E-state index is 1.20. The maximum Gasteiger partial charge on any atom is -0.0348 e. The fourth-order valence-corrected chi connectivity index (χ4v) is 2.70. The molecule has 1 rings (SSSR count). The van der Waals surface area contributed by atoms with Crippen LogP contribution in [0.5, 0.6) is 0 Å². The van der Waals surface area contributed by atoms with E-state index in [0.717, 1.165) is 0 Å². The highest BCUT2D eigenvalue weighted by atomic mass is 14.0. The van der Waals surface area contributed by atoms with Crippen LogP contribution in [0.1, 0.15) is 64.2 Å². The molecule has 0 N–H and O–H groups in total. The summed E-state index contributed by atoms with van der Waals surface area (Å²) < 4.78 is 0. The highest BCUT2D eigenvalue weighted by Crippen LogP contribution is 2.11. The molecule has 0 amide bonds. The quantitative estimate of drug-likeness (QED) is 0.412. The molecule has 0 aromatic rings. The van der Waals surface area contributed by atoms with Gasteiger partial charge >= 0.3 is 0 Å². The molecule has 0 fully saturated rings. The number of hydrogen-bond donors (Lipinski definition) is 0. The van der Waals surface area contributed by atoms with Crippen molar-refractivity contribution >= 4 is 0 Å². The molecule has 26 heavy (non-hydrogen) atoms. The molecule has 0 spiro atoms. The van der Waals surface area contributed by atoms with E-state index < -0.39 is 0 Å². The Bertz CT molecular complexity index is 482. The van der Waals surface area contributed by atoms with E-state index in [1.807, 2.05) is 36.5 Å². The maximum absolute atomic E-state index is 2.28. The fraction of sp³-hybridized carbons (Fsp3) is 0.385. The lowest BCUT2D eigenvalue weighted by Crippen LogP contribution is -1.81. The zero-order chi connectivity index (χ0) is 18.4. The normalized spacial score (nSPS) is 27.7. The Morgan fingerprint density at radius 2 is 0.462 bits per heavy atom. The van der Waals surface area contributed by atoms with Gasteiger partial charge in [0.1, 0.15) is 0 Å². The van der Waals surface area contributed by atoms with E-state index >= 15 is 0 Å². The van der Waals surface area contributed by atoms with Gasteiger partial charge in [-0.1, -0.05) is 136 Å². The standard InChI is InChI=1S/C26H36/c1-2-4-6-8-10-12-14-16-18-20-22-24-26-25-23-21-19-17-15-13-11-9-7-5-3-1/h1-16H,17-26H2/b3-1-,4-2-,7-5-,8-6-,11-9-,12-10-,15-13-,16-14?. The summed E-state index contributed by atoms with van der Waals surface area (Å²) in [6.45, 7) is 0. The van der Waals surface area contributed by atoms with Crippen LogP contribution >= 0.6 is 0 Å². The molecule has 0 unspecified atom stereocenters. The minimum absolute atomic E-state index is 1.20. The molecule has 0 aromatic carbocycles. The lowest BCUT2D eigenvalue weighted by Gasteiger charge is -2.00. The van der Waals surface area contributed by atoms with E-state index in [1.165, 1.54) is 64.2 Å². The van der Waals surface area contributed by atoms with Crippen molar-refractivity contribution in [3.8, 4) is 0 Å². The van der Waals surface area contributed by atoms with Gasteiger partial charge in [0.05, 0.1) is 0 Å². The van der Waals surface area contributed by atoms with E-state index in [4.69, 9.17) is 0 Å². The first-order chi connectivity index (χ1) is 13.0. The summed E-state index contributed by atoms with van der Waals surface area (Å²) in [7, 11) is 0. The monoisotopic (exact) mass is 348 g/mol. The summed E-state index contributed by atoms with van der Waals surface area (Å²) in [4.78, 5) is 0. The Hall–Kier alpha value is -2.08. The molecule has 140 valence electrons. The summed E-state index contributed by atoms with van der Waals surface area (Å²) in [5.74, 6) is 0. The Kier molecular flexibility index (Phi) is 16.3. The fourth-order valence-electron chi connectivity index (χ4n) is 2.70. The number of rotatable bonds is 0. The molecule has 1 aliphatic carbocycles. The van der Waals surface area contributed by atoms with Crippen LogP contribution < -0.4 is 0 Å². The van der Waals surface area contributed by atoms with Crippen LogP contribution in [0.4, 0.5) is 0 Å². The predicted molar refractivity (Wildman–Crippen MR) is 119 cm³/mol. The summed E-state index contributed by atoms with van der Waals surface area (Å²) in [6.07, 6.45) is 47.0. The Morgan fingerprint density at radius 1 is 0.231 bits per heavy atom. The largest absolute Gasteiger partial charge is 0.0845 e. The van der Waals surface area contributed by atoms with Crippen molar-refractivity contribution < 1.29 is 0 Å². The van der Waals surface area contributed by atoms with Crippen LogP contribution in [0.25, 0.3) is 0 Å². The average molecular weight is 349 g/mol. The highest BCUT2D eigenvalue weighted by Gasteiger charge is 1.91. The van der Waals surface area contributed by atoms with Crippen LogP contribution in [0.2, 0.25) is 0 Å². The minimum Gasteiger partial charge on any atom is -0.0845 e. The molecule has 0 heterocycles. The zero-order valence-electron chi connectivity index (χ0n) is 16.3. The van der Waals surface area contributed by atoms with Crippen LogP contribution in [0, 0.1) is 0 Å². The zero-order valence-corrected chi connectivity index (χ0v) is 16.3. The van der Waals surface area contributed by atoms with Gasteiger partial charge in [0.15, 0.2) is 0 Å². The molecule has 0 aliphatic heterocycles. The molecular formula is C26H36. The number of allylic oxidation sites excluding steroid dienone is 16. The van der Waals surface area contributed by atoms with Crippen molar-refractivity contribution in [3.05, 3.63) is 97.2 Å². The maximum atomic E-state index is 2.28. The summed E-state index contributed by atoms with van der Waals surface area (Å²) in [5, 5.41) is 0. The van der Waals surface area contributed by atoms with Gasteiger partial charge in [0.2, 0.25) is 0 Å². The second-order valence-corrected chi connectivity index (χ2v) is 6.57. The molecule has 0 saturated carbocycles. The SMILES string of the molecule is C1=CCCCCCCCCCC\C=C/C=C\C=C/C=C\C=C/C=C\C=C/1. The van der Waals surface area contributed by atoms with Gasteiger partial charge in [-0.15, -0.1) is 0 Å². The molecule has 0 aromatic heterocycles. The van der Waals surface area contributed by atoms with Crippen molar-refractivity contribution in [2.45, 2.75) is 64.2 Å². The van der Waals surface area contributed by atoms with Gasteiger partial charge in [0.25, 0.3) is 0 Å². The third-order valence-corrected chi connectivity index (χ3v) is 4.21. The molecule has 0 nitrogen and oxygen atoms in total. The highest BCUT2D eigenvalue weighted by molar-refractivity contribution is 5.21. The van der Waals surface area contributed by atoms with Gasteiger partial charge < -0.3 is 0 Å². The lowest BCUT2D eigenvalue weighted by atomic mass is 10.1. The van der Waals surface area contributed by atoms with Gasteiger partial charge in [-0.05, 0) is 25.7 Å². The predicted octanol–water partition coefficient (Wildman–Crippen LogP) is 8.35. The van der Waals surface area contributed by atoms with Gasteiger partial charge in [-0.25, -0.2) is 0 Å². The van der Waals surface area contributed by atoms with Crippen molar-refractivity contribution in [3.63, 3.8) is 0 Å². The van der Waals surface area contributed by atoms with Crippen LogP contribution in [0.3, 0.4) is 0 Å². The molecule has 1 aliphatic rings. The van der Waals surface area contributed by atoms with Crippen LogP contribution in [-0.2, 0) is 0 Å². The van der Waals surface area contributed by atoms with Crippen molar-refractivity contribution in [1.82, 2.24) is 0 Å². The first kappa shape index (κ1) is 22.0. The van der Waals surface area contributed by atoms with Gasteiger partial charge in [-0.2, -0.15) is 0 Å². The van der Waals surface area contributed by atoms with Crippen molar-refractivity contribution in [2.24, 2.45) is 0 Å². The summed E-state index contributed by atoms with van der Waals surface area (Å²) in [6, 6.07) is 0. The van der Waals surface area contributed by atoms with Crippen LogP contribution in [0.15, 0.2) is 97.2 Å². The molecule has 0 radical (unpaired) electrons. The molecule has 0 atom stereocenters. The molecule has 0 heteroatoms. The molecule has 0 saturated heterocycles. The smallest absolute Gasteiger partial charge is 0.0348 e. The average Bonchev–Trinajstić information content (AvgIpc) is 2.65. The molecular weight excluding hydrogens is 312 g/mol. The van der Waals surface area contributed by atoms with Gasteiger partial charge in [-0.3, -0.25) is 0 Å². The van der Waals surface area contributed by atoms with E-state index in [9.17, 15) is 0 Å². The van der Waals surface area contributed by atoms with E-state index in [2.05, 4.69) is 60.8 Å². The first-order valence-corrected chi connectivity index (χ1v) is 10.3. The third kappa shape index (κ3) is 16.8. The van der Waals surface area contributed by atoms with Gasteiger partial charge in [0, 0.05) is 0 Å². The topological polar surface area (TPSA) is 0 Å². The Morgan fingerprint density at radius 3 is 0.769 bits per heavy atom. The lowest BCUT2D eigenvalue weighted by molar-refractivity contribution is 0.571. The summed E-state index contributed by atoms with van der Waals surface area (Å²) in [5.41, 5.74) is 0. The first-order valence-electron chi connectivity index (χ1n) is 10.3. The van der Waals surface area contributed by atoms with E-state index in [0.29, 0.717) is 0 Å². The van der Waals surface area contributed by atoms with Crippen LogP contribution in [-0.4, -0.2) is 0 Å². The molecule has 0 bridgehead atoms. The third-order valence-electron chi connectivity index (χ3n) is 4.21. The van der Waals surface area contributed by atoms with Crippen molar-refractivity contribution in [1.29, 1.82) is 0 Å². The van der Waals surface area contributed by atoms with E-state index in [1.54, 1.807) is 0 Å². The van der Waals surface area contributed by atoms with E-state index in [-0.39, 0.29) is 0 Å². The number of hydrogen-bond acceptors (Lipinski definition) is 0. The summed E-state index contributed by atoms with van der Waals surface area (Å²) >= 11 is 0. The second kappa shape index (κ2) is 19.2. The second-order valence-electron chi connectivity index (χ2n) is 6.57. The Labute approximate surface area is 161 Å². The Balaban J connectivity index is 2.39. The van der Waals surface area contributed by atoms with Crippen molar-refractivity contribution in [2.75, 3.05) is 0 Å².